The van der Waals surface area contributed by atoms with Crippen molar-refractivity contribution < 1.29 is 0 Å². The number of rotatable bonds is 8. The van der Waals surface area contributed by atoms with Gasteiger partial charge in [-0.05, 0) is 69.9 Å². The molecule has 26 heavy (non-hydrogen) atoms. The van der Waals surface area contributed by atoms with Gasteiger partial charge in [0, 0.05) is 31.4 Å². The lowest BCUT2D eigenvalue weighted by Crippen LogP contribution is -2.50. The third kappa shape index (κ3) is 5.38. The highest BCUT2D eigenvalue weighted by molar-refractivity contribution is 5.41. The Labute approximate surface area is 163 Å². The molecule has 0 radical (unpaired) electrons. The van der Waals surface area contributed by atoms with Gasteiger partial charge in [-0.15, -0.1) is 0 Å². The van der Waals surface area contributed by atoms with Crippen LogP contribution in [0.3, 0.4) is 0 Å². The molecule has 0 aromatic carbocycles. The maximum absolute atomic E-state index is 3.55. The van der Waals surface area contributed by atoms with Crippen LogP contribution in [0.1, 0.15) is 98.8 Å². The SMILES string of the molecule is CCC/C(NC)=C(/CCC)C1=C(C)CC(C)(C)N(CC2CCCCC2)C1. The molecule has 0 spiro atoms. The summed E-state index contributed by atoms with van der Waals surface area (Å²) in [5.74, 6) is 0.917. The van der Waals surface area contributed by atoms with E-state index in [4.69, 9.17) is 0 Å². The molecule has 1 N–H and O–H groups in total. The minimum absolute atomic E-state index is 0.299. The van der Waals surface area contributed by atoms with Gasteiger partial charge in [-0.1, -0.05) is 51.5 Å². The molecule has 0 unspecified atom stereocenters. The summed E-state index contributed by atoms with van der Waals surface area (Å²) in [4.78, 5) is 2.82. The highest BCUT2D eigenvalue weighted by Crippen LogP contribution is 2.38. The summed E-state index contributed by atoms with van der Waals surface area (Å²) >= 11 is 0. The Morgan fingerprint density at radius 2 is 1.73 bits per heavy atom. The predicted molar refractivity (Wildman–Crippen MR) is 115 cm³/mol. The van der Waals surface area contributed by atoms with E-state index in [1.165, 1.54) is 76.5 Å². The van der Waals surface area contributed by atoms with Gasteiger partial charge in [0.15, 0.2) is 0 Å². The van der Waals surface area contributed by atoms with E-state index in [1.807, 2.05) is 0 Å². The number of nitrogens with one attached hydrogen (secondary N) is 1. The van der Waals surface area contributed by atoms with Crippen LogP contribution in [0.2, 0.25) is 0 Å². The summed E-state index contributed by atoms with van der Waals surface area (Å²) in [5.41, 5.74) is 6.69. The number of hydrogen-bond acceptors (Lipinski definition) is 2. The van der Waals surface area contributed by atoms with Crippen LogP contribution in [0.25, 0.3) is 0 Å². The first-order valence-corrected chi connectivity index (χ1v) is 11.3. The molecule has 0 aromatic rings. The van der Waals surface area contributed by atoms with Gasteiger partial charge in [-0.2, -0.15) is 0 Å². The fraction of sp³-hybridized carbons (Fsp3) is 0.833. The molecule has 1 saturated carbocycles. The van der Waals surface area contributed by atoms with E-state index in [1.54, 1.807) is 16.7 Å². The molecule has 150 valence electrons. The molecule has 0 bridgehead atoms. The van der Waals surface area contributed by atoms with Crippen molar-refractivity contribution in [3.63, 3.8) is 0 Å². The van der Waals surface area contributed by atoms with Crippen LogP contribution in [-0.4, -0.2) is 30.6 Å². The molecule has 2 rings (SSSR count). The summed E-state index contributed by atoms with van der Waals surface area (Å²) in [5, 5.41) is 3.55. The highest BCUT2D eigenvalue weighted by atomic mass is 15.2. The largest absolute Gasteiger partial charge is 0.391 e. The third-order valence-corrected chi connectivity index (χ3v) is 6.65. The Balaban J connectivity index is 2.28. The van der Waals surface area contributed by atoms with Crippen molar-refractivity contribution in [1.29, 1.82) is 0 Å². The zero-order valence-electron chi connectivity index (χ0n) is 18.5. The zero-order valence-corrected chi connectivity index (χ0v) is 18.5. The minimum Gasteiger partial charge on any atom is -0.391 e. The van der Waals surface area contributed by atoms with Crippen LogP contribution in [-0.2, 0) is 0 Å². The summed E-state index contributed by atoms with van der Waals surface area (Å²) in [7, 11) is 2.11. The molecular formula is C24H44N2. The third-order valence-electron chi connectivity index (χ3n) is 6.65. The Kier molecular flexibility index (Phi) is 8.26. The van der Waals surface area contributed by atoms with Gasteiger partial charge in [0.25, 0.3) is 0 Å². The molecule has 1 fully saturated rings. The second-order valence-corrected chi connectivity index (χ2v) is 9.34. The Hall–Kier alpha value is -0.760. The fourth-order valence-corrected chi connectivity index (χ4v) is 5.16. The van der Waals surface area contributed by atoms with E-state index in [0.717, 1.165) is 12.5 Å². The van der Waals surface area contributed by atoms with Crippen molar-refractivity contribution in [2.24, 2.45) is 5.92 Å². The lowest BCUT2D eigenvalue weighted by molar-refractivity contribution is 0.0894. The van der Waals surface area contributed by atoms with E-state index in [9.17, 15) is 0 Å². The fourth-order valence-electron chi connectivity index (χ4n) is 5.16. The first-order chi connectivity index (χ1) is 12.4. The molecule has 1 heterocycles. The number of allylic oxidation sites excluding steroid dienone is 1. The molecule has 0 aromatic heterocycles. The zero-order chi connectivity index (χ0) is 19.2. The average Bonchev–Trinajstić information content (AvgIpc) is 2.61. The van der Waals surface area contributed by atoms with Crippen molar-refractivity contribution in [3.05, 3.63) is 22.4 Å². The van der Waals surface area contributed by atoms with Crippen LogP contribution in [0, 0.1) is 5.92 Å². The number of nitrogens with zero attached hydrogens (tertiary/aromatic N) is 1. The van der Waals surface area contributed by atoms with Crippen LogP contribution >= 0.6 is 0 Å². The molecule has 1 aliphatic heterocycles. The first kappa shape index (κ1) is 21.5. The maximum Gasteiger partial charge on any atom is 0.0242 e. The van der Waals surface area contributed by atoms with Gasteiger partial charge in [-0.25, -0.2) is 0 Å². The molecule has 2 heteroatoms. The standard InChI is InChI=1S/C24H44N2/c1-7-12-21(23(25-6)13-8-2)22-18-26(24(4,5)16-19(22)3)17-20-14-10-9-11-15-20/h20,25H,7-18H2,1-6H3/b23-21+. The van der Waals surface area contributed by atoms with E-state index in [0.29, 0.717) is 5.54 Å². The van der Waals surface area contributed by atoms with Crippen LogP contribution in [0.5, 0.6) is 0 Å². The van der Waals surface area contributed by atoms with Crippen LogP contribution in [0.15, 0.2) is 22.4 Å². The smallest absolute Gasteiger partial charge is 0.0242 e. The van der Waals surface area contributed by atoms with Crippen LogP contribution in [0.4, 0.5) is 0 Å². The van der Waals surface area contributed by atoms with Gasteiger partial charge in [-0.3, -0.25) is 4.90 Å². The molecule has 0 atom stereocenters. The summed E-state index contributed by atoms with van der Waals surface area (Å²) < 4.78 is 0. The van der Waals surface area contributed by atoms with Gasteiger partial charge < -0.3 is 5.32 Å². The van der Waals surface area contributed by atoms with Crippen molar-refractivity contribution in [1.82, 2.24) is 10.2 Å². The monoisotopic (exact) mass is 360 g/mol. The molecule has 2 nitrogen and oxygen atoms in total. The molecule has 0 saturated heterocycles. The van der Waals surface area contributed by atoms with E-state index < -0.39 is 0 Å². The minimum atomic E-state index is 0.299. The topological polar surface area (TPSA) is 15.3 Å². The summed E-state index contributed by atoms with van der Waals surface area (Å²) in [6.07, 6.45) is 13.3. The van der Waals surface area contributed by atoms with Crippen molar-refractivity contribution >= 4 is 0 Å². The van der Waals surface area contributed by atoms with Crippen molar-refractivity contribution in [2.75, 3.05) is 20.1 Å². The van der Waals surface area contributed by atoms with Crippen molar-refractivity contribution in [2.45, 2.75) is 104 Å². The molecule has 2 aliphatic rings. The molecule has 1 aliphatic carbocycles. The second-order valence-electron chi connectivity index (χ2n) is 9.34. The van der Waals surface area contributed by atoms with Gasteiger partial charge >= 0.3 is 0 Å². The molecular weight excluding hydrogens is 316 g/mol. The first-order valence-electron chi connectivity index (χ1n) is 11.3. The van der Waals surface area contributed by atoms with E-state index >= 15 is 0 Å². The summed E-state index contributed by atoms with van der Waals surface area (Å²) in [6.45, 7) is 14.4. The quantitative estimate of drug-likeness (QED) is 0.535. The molecule has 0 amide bonds. The summed E-state index contributed by atoms with van der Waals surface area (Å²) in [6, 6.07) is 0. The van der Waals surface area contributed by atoms with Crippen LogP contribution < -0.4 is 5.32 Å². The number of hydrogen-bond donors (Lipinski definition) is 1. The Bertz CT molecular complexity index is 506. The average molecular weight is 361 g/mol. The van der Waals surface area contributed by atoms with E-state index in [-0.39, 0.29) is 0 Å². The Morgan fingerprint density at radius 1 is 1.08 bits per heavy atom. The normalized spacial score (nSPS) is 23.2. The van der Waals surface area contributed by atoms with Gasteiger partial charge in [0.05, 0.1) is 0 Å². The lowest BCUT2D eigenvalue weighted by Gasteiger charge is -2.46. The second kappa shape index (κ2) is 9.97. The van der Waals surface area contributed by atoms with Crippen molar-refractivity contribution in [3.8, 4) is 0 Å². The lowest BCUT2D eigenvalue weighted by atomic mass is 9.80. The van der Waals surface area contributed by atoms with Gasteiger partial charge in [0.2, 0.25) is 0 Å². The maximum atomic E-state index is 3.55. The predicted octanol–water partition coefficient (Wildman–Crippen LogP) is 6.44. The van der Waals surface area contributed by atoms with Gasteiger partial charge in [0.1, 0.15) is 0 Å². The van der Waals surface area contributed by atoms with E-state index in [2.05, 4.69) is 51.9 Å². The Morgan fingerprint density at radius 3 is 2.31 bits per heavy atom. The highest BCUT2D eigenvalue weighted by Gasteiger charge is 2.35.